The van der Waals surface area contributed by atoms with Crippen LogP contribution in [0.5, 0.6) is 0 Å². The van der Waals surface area contributed by atoms with Crippen molar-refractivity contribution < 1.29 is 37.6 Å². The summed E-state index contributed by atoms with van der Waals surface area (Å²) in [7, 11) is -3.93. The molecule has 196 valence electrons. The molecule has 0 aromatic rings. The average Bonchev–Trinajstić information content (AvgIpc) is 2.74. The van der Waals surface area contributed by atoms with Crippen LogP contribution in [0.25, 0.3) is 0 Å². The number of rotatable bonds is 24. The molecular formula is C24H47O8P. The van der Waals surface area contributed by atoms with Crippen molar-refractivity contribution in [3.8, 4) is 0 Å². The van der Waals surface area contributed by atoms with Gasteiger partial charge < -0.3 is 14.4 Å². The maximum Gasteiger partial charge on any atom is 0.472 e. The van der Waals surface area contributed by atoms with E-state index in [-0.39, 0.29) is 25.2 Å². The van der Waals surface area contributed by atoms with Crippen LogP contribution >= 0.6 is 7.82 Å². The Morgan fingerprint density at radius 2 is 0.758 bits per heavy atom. The normalized spacial score (nSPS) is 11.5. The average molecular weight is 495 g/mol. The predicted molar refractivity (Wildman–Crippen MR) is 129 cm³/mol. The van der Waals surface area contributed by atoms with Crippen molar-refractivity contribution in [3.05, 3.63) is 0 Å². The Labute approximate surface area is 200 Å². The summed E-state index contributed by atoms with van der Waals surface area (Å²) >= 11 is 0. The smallest absolute Gasteiger partial charge is 0.466 e. The molecule has 0 aromatic heterocycles. The third-order valence-electron chi connectivity index (χ3n) is 5.20. The van der Waals surface area contributed by atoms with Crippen LogP contribution < -0.4 is 0 Å². The van der Waals surface area contributed by atoms with Crippen LogP contribution in [0.15, 0.2) is 0 Å². The number of unbranched alkanes of at least 4 members (excludes halogenated alkanes) is 14. The van der Waals surface area contributed by atoms with Crippen LogP contribution in [0.1, 0.15) is 117 Å². The summed E-state index contributed by atoms with van der Waals surface area (Å²) in [5, 5.41) is 0. The molecule has 0 atom stereocenters. The van der Waals surface area contributed by atoms with E-state index >= 15 is 0 Å². The molecule has 33 heavy (non-hydrogen) atoms. The van der Waals surface area contributed by atoms with Crippen molar-refractivity contribution in [1.82, 2.24) is 0 Å². The monoisotopic (exact) mass is 494 g/mol. The quantitative estimate of drug-likeness (QED) is 0.0921. The first-order valence-electron chi connectivity index (χ1n) is 12.7. The Morgan fingerprint density at radius 3 is 1.03 bits per heavy atom. The molecule has 0 amide bonds. The molecule has 0 aliphatic heterocycles. The molecule has 0 bridgehead atoms. The highest BCUT2D eigenvalue weighted by atomic mass is 31.2. The zero-order chi connectivity index (χ0) is 24.6. The van der Waals surface area contributed by atoms with Crippen molar-refractivity contribution in [2.75, 3.05) is 26.4 Å². The molecule has 0 radical (unpaired) electrons. The number of hydrogen-bond donors (Lipinski definition) is 1. The largest absolute Gasteiger partial charge is 0.472 e. The summed E-state index contributed by atoms with van der Waals surface area (Å²) in [5.41, 5.74) is 0. The topological polar surface area (TPSA) is 108 Å². The minimum Gasteiger partial charge on any atom is -0.466 e. The fourth-order valence-corrected chi connectivity index (χ4v) is 4.15. The van der Waals surface area contributed by atoms with Crippen LogP contribution in [0, 0.1) is 0 Å². The number of phosphoric ester groups is 1. The minimum absolute atomic E-state index is 0.219. The highest BCUT2D eigenvalue weighted by Crippen LogP contribution is 2.43. The first-order chi connectivity index (χ1) is 15.8. The van der Waals surface area contributed by atoms with Crippen molar-refractivity contribution in [2.24, 2.45) is 0 Å². The molecule has 0 rings (SSSR count). The maximum absolute atomic E-state index is 11.9. The molecular weight excluding hydrogens is 447 g/mol. The van der Waals surface area contributed by atoms with E-state index < -0.39 is 7.82 Å². The van der Waals surface area contributed by atoms with Gasteiger partial charge in [-0.1, -0.05) is 77.0 Å². The number of hydrogen-bond acceptors (Lipinski definition) is 7. The third kappa shape index (κ3) is 27.2. The lowest BCUT2D eigenvalue weighted by Crippen LogP contribution is -2.00. The van der Waals surface area contributed by atoms with Crippen LogP contribution in [-0.2, 0) is 32.7 Å². The van der Waals surface area contributed by atoms with Gasteiger partial charge in [0.2, 0.25) is 0 Å². The Balaban J connectivity index is 3.34. The van der Waals surface area contributed by atoms with E-state index in [4.69, 9.17) is 18.5 Å². The van der Waals surface area contributed by atoms with E-state index in [2.05, 4.69) is 0 Å². The number of esters is 2. The summed E-state index contributed by atoms with van der Waals surface area (Å²) < 4.78 is 31.7. The number of carbonyl (C=O) groups excluding carboxylic acids is 2. The molecule has 0 aliphatic carbocycles. The van der Waals surface area contributed by atoms with E-state index in [0.29, 0.717) is 13.2 Å². The van der Waals surface area contributed by atoms with E-state index in [1.807, 2.05) is 0 Å². The summed E-state index contributed by atoms with van der Waals surface area (Å²) in [6.45, 7) is 4.36. The lowest BCUT2D eigenvalue weighted by Gasteiger charge is -2.12. The van der Waals surface area contributed by atoms with Crippen LogP contribution in [0.2, 0.25) is 0 Å². The van der Waals surface area contributed by atoms with Gasteiger partial charge in [0.05, 0.1) is 26.4 Å². The van der Waals surface area contributed by atoms with Crippen molar-refractivity contribution in [3.63, 3.8) is 0 Å². The van der Waals surface area contributed by atoms with Crippen molar-refractivity contribution in [1.29, 1.82) is 0 Å². The van der Waals surface area contributed by atoms with Crippen molar-refractivity contribution in [2.45, 2.75) is 117 Å². The lowest BCUT2D eigenvalue weighted by atomic mass is 10.1. The van der Waals surface area contributed by atoms with E-state index in [1.54, 1.807) is 0 Å². The van der Waals surface area contributed by atoms with Crippen molar-refractivity contribution >= 4 is 19.8 Å². The van der Waals surface area contributed by atoms with Gasteiger partial charge in [0.1, 0.15) is 0 Å². The van der Waals surface area contributed by atoms with Gasteiger partial charge in [0.15, 0.2) is 0 Å². The first kappa shape index (κ1) is 32.0. The predicted octanol–water partition coefficient (Wildman–Crippen LogP) is 6.49. The third-order valence-corrected chi connectivity index (χ3v) is 6.21. The summed E-state index contributed by atoms with van der Waals surface area (Å²) in [6, 6.07) is 0. The Kier molecular flexibility index (Phi) is 22.2. The molecule has 0 saturated carbocycles. The molecule has 0 heterocycles. The highest BCUT2D eigenvalue weighted by Gasteiger charge is 2.19. The van der Waals surface area contributed by atoms with Gasteiger partial charge in [-0.15, -0.1) is 0 Å². The Hall–Kier alpha value is -0.950. The Morgan fingerprint density at radius 1 is 0.515 bits per heavy atom. The Bertz CT molecular complexity index is 485. The molecule has 0 fully saturated rings. The molecule has 0 saturated heterocycles. The van der Waals surface area contributed by atoms with Crippen LogP contribution in [0.3, 0.4) is 0 Å². The summed E-state index contributed by atoms with van der Waals surface area (Å²) in [5.74, 6) is -0.438. The minimum atomic E-state index is -3.93. The van der Waals surface area contributed by atoms with Gasteiger partial charge in [-0.25, -0.2) is 4.57 Å². The summed E-state index contributed by atoms with van der Waals surface area (Å²) in [4.78, 5) is 31.0. The van der Waals surface area contributed by atoms with Gasteiger partial charge in [-0.05, 0) is 25.7 Å². The first-order valence-corrected chi connectivity index (χ1v) is 14.2. The lowest BCUT2D eigenvalue weighted by molar-refractivity contribution is -0.142. The fraction of sp³-hybridized carbons (Fsp3) is 0.917. The maximum atomic E-state index is 11.9. The van der Waals surface area contributed by atoms with E-state index in [9.17, 15) is 19.0 Å². The second kappa shape index (κ2) is 22.8. The number of phosphoric acid groups is 1. The zero-order valence-electron chi connectivity index (χ0n) is 20.9. The second-order valence-electron chi connectivity index (χ2n) is 8.47. The highest BCUT2D eigenvalue weighted by molar-refractivity contribution is 7.47. The van der Waals surface area contributed by atoms with Gasteiger partial charge in [0.25, 0.3) is 0 Å². The van der Waals surface area contributed by atoms with Crippen LogP contribution in [0.4, 0.5) is 0 Å². The zero-order valence-corrected chi connectivity index (χ0v) is 21.8. The molecule has 9 heteroatoms. The molecule has 0 aliphatic rings. The molecule has 0 aromatic carbocycles. The van der Waals surface area contributed by atoms with Gasteiger partial charge in [0, 0.05) is 13.8 Å². The number of carbonyl (C=O) groups is 2. The molecule has 1 N–H and O–H groups in total. The number of ether oxygens (including phenoxy) is 2. The molecule has 8 nitrogen and oxygen atoms in total. The fourth-order valence-electron chi connectivity index (χ4n) is 3.36. The SMILES string of the molecule is CC(=O)OCCCCCCCCCCOP(=O)(O)OCCCCCCCCCCOC(C)=O. The standard InChI is InChI=1S/C24H47O8P/c1-23(25)29-19-15-11-7-3-5-9-13-17-21-31-33(27,28)32-22-18-14-10-6-4-8-12-16-20-30-24(2)26/h3-22H2,1-2H3,(H,27,28). The van der Waals surface area contributed by atoms with E-state index in [1.165, 1.54) is 13.8 Å². The van der Waals surface area contributed by atoms with E-state index in [0.717, 1.165) is 103 Å². The van der Waals surface area contributed by atoms with Gasteiger partial charge in [-0.3, -0.25) is 18.6 Å². The van der Waals surface area contributed by atoms with Crippen LogP contribution in [-0.4, -0.2) is 43.3 Å². The second-order valence-corrected chi connectivity index (χ2v) is 9.93. The van der Waals surface area contributed by atoms with Gasteiger partial charge in [-0.2, -0.15) is 0 Å². The summed E-state index contributed by atoms with van der Waals surface area (Å²) in [6.07, 6.45) is 16.4. The molecule has 0 spiro atoms. The van der Waals surface area contributed by atoms with Gasteiger partial charge >= 0.3 is 19.8 Å². The molecule has 0 unspecified atom stereocenters.